The number of carbonyl (C=O) groups is 1. The van der Waals surface area contributed by atoms with Crippen molar-refractivity contribution in [3.8, 4) is 5.75 Å². The van der Waals surface area contributed by atoms with Gasteiger partial charge in [-0.25, -0.2) is 0 Å². The first-order chi connectivity index (χ1) is 8.74. The Morgan fingerprint density at radius 1 is 1.39 bits per heavy atom. The Balaban J connectivity index is 1.68. The molecule has 1 amide bonds. The molecule has 1 aliphatic rings. The zero-order valence-electron chi connectivity index (χ0n) is 10.5. The molecule has 1 aliphatic carbocycles. The number of nitrogen functional groups attached to an aromatic ring is 1. The topological polar surface area (TPSA) is 64.3 Å². The zero-order valence-corrected chi connectivity index (χ0v) is 10.5. The number of anilines is 1. The molecule has 3 N–H and O–H groups in total. The number of rotatable bonds is 5. The Kier molecular flexibility index (Phi) is 4.45. The van der Waals surface area contributed by atoms with Gasteiger partial charge in [0.05, 0.1) is 0 Å². The maximum absolute atomic E-state index is 11.6. The number of nitrogens with one attached hydrogen (secondary N) is 1. The second kappa shape index (κ2) is 6.28. The predicted octanol–water partition coefficient (Wildman–Crippen LogP) is 1.95. The van der Waals surface area contributed by atoms with Crippen LogP contribution in [0.15, 0.2) is 24.3 Å². The van der Waals surface area contributed by atoms with Crippen molar-refractivity contribution >= 4 is 11.6 Å². The minimum Gasteiger partial charge on any atom is -0.484 e. The maximum atomic E-state index is 11.6. The molecule has 1 saturated carbocycles. The molecule has 4 heteroatoms. The third-order valence-corrected chi connectivity index (χ3v) is 3.29. The van der Waals surface area contributed by atoms with Crippen LogP contribution in [0.4, 0.5) is 5.69 Å². The molecule has 0 saturated heterocycles. The van der Waals surface area contributed by atoms with E-state index in [0.29, 0.717) is 17.4 Å². The first-order valence-electron chi connectivity index (χ1n) is 6.49. The van der Waals surface area contributed by atoms with Crippen LogP contribution in [0.5, 0.6) is 5.75 Å². The van der Waals surface area contributed by atoms with E-state index in [1.54, 1.807) is 24.3 Å². The molecule has 1 fully saturated rings. The van der Waals surface area contributed by atoms with Gasteiger partial charge < -0.3 is 15.8 Å². The SMILES string of the molecule is Nc1cccc(OCC(=O)NCC2CCCC2)c1. The first-order valence-corrected chi connectivity index (χ1v) is 6.49. The predicted molar refractivity (Wildman–Crippen MR) is 71.3 cm³/mol. The fourth-order valence-electron chi connectivity index (χ4n) is 2.28. The number of nitrogens with two attached hydrogens (primary N) is 1. The van der Waals surface area contributed by atoms with Crippen LogP contribution < -0.4 is 15.8 Å². The summed E-state index contributed by atoms with van der Waals surface area (Å²) in [5.74, 6) is 1.22. The number of benzene rings is 1. The lowest BCUT2D eigenvalue weighted by Crippen LogP contribution is -2.32. The smallest absolute Gasteiger partial charge is 0.257 e. The van der Waals surface area contributed by atoms with Gasteiger partial charge in [-0.1, -0.05) is 18.9 Å². The van der Waals surface area contributed by atoms with E-state index in [1.807, 2.05) is 0 Å². The van der Waals surface area contributed by atoms with E-state index in [1.165, 1.54) is 25.7 Å². The van der Waals surface area contributed by atoms with Gasteiger partial charge in [-0.3, -0.25) is 4.79 Å². The summed E-state index contributed by atoms with van der Waals surface area (Å²) in [5.41, 5.74) is 6.26. The Labute approximate surface area is 108 Å². The quantitative estimate of drug-likeness (QED) is 0.783. The van der Waals surface area contributed by atoms with Crippen molar-refractivity contribution in [3.05, 3.63) is 24.3 Å². The third-order valence-electron chi connectivity index (χ3n) is 3.29. The fraction of sp³-hybridized carbons (Fsp3) is 0.500. The van der Waals surface area contributed by atoms with E-state index in [9.17, 15) is 4.79 Å². The summed E-state index contributed by atoms with van der Waals surface area (Å²) in [6.45, 7) is 0.829. The monoisotopic (exact) mass is 248 g/mol. The van der Waals surface area contributed by atoms with E-state index < -0.39 is 0 Å². The molecule has 0 atom stereocenters. The van der Waals surface area contributed by atoms with Gasteiger partial charge in [0.1, 0.15) is 5.75 Å². The van der Waals surface area contributed by atoms with Crippen LogP contribution in [0, 0.1) is 5.92 Å². The van der Waals surface area contributed by atoms with Gasteiger partial charge in [0, 0.05) is 18.3 Å². The lowest BCUT2D eigenvalue weighted by atomic mass is 10.1. The molecule has 1 aromatic carbocycles. The van der Waals surface area contributed by atoms with E-state index in [-0.39, 0.29) is 12.5 Å². The molecule has 0 radical (unpaired) electrons. The molecule has 98 valence electrons. The van der Waals surface area contributed by atoms with Gasteiger partial charge in [0.2, 0.25) is 0 Å². The van der Waals surface area contributed by atoms with Gasteiger partial charge in [-0.15, -0.1) is 0 Å². The zero-order chi connectivity index (χ0) is 12.8. The molecular formula is C14H20N2O2. The van der Waals surface area contributed by atoms with Crippen molar-refractivity contribution < 1.29 is 9.53 Å². The van der Waals surface area contributed by atoms with Crippen LogP contribution in [0.1, 0.15) is 25.7 Å². The highest BCUT2D eigenvalue weighted by Crippen LogP contribution is 2.23. The van der Waals surface area contributed by atoms with Crippen molar-refractivity contribution in [1.29, 1.82) is 0 Å². The van der Waals surface area contributed by atoms with Gasteiger partial charge in [0.25, 0.3) is 5.91 Å². The van der Waals surface area contributed by atoms with Gasteiger partial charge in [0.15, 0.2) is 6.61 Å². The summed E-state index contributed by atoms with van der Waals surface area (Å²) >= 11 is 0. The summed E-state index contributed by atoms with van der Waals surface area (Å²) in [4.78, 5) is 11.6. The Bertz CT molecular complexity index is 401. The average molecular weight is 248 g/mol. The third kappa shape index (κ3) is 3.95. The summed E-state index contributed by atoms with van der Waals surface area (Å²) in [6.07, 6.45) is 5.05. The highest BCUT2D eigenvalue weighted by molar-refractivity contribution is 5.77. The fourth-order valence-corrected chi connectivity index (χ4v) is 2.28. The minimum absolute atomic E-state index is 0.0518. The van der Waals surface area contributed by atoms with E-state index in [0.717, 1.165) is 6.54 Å². The Hall–Kier alpha value is -1.71. The minimum atomic E-state index is -0.0654. The van der Waals surface area contributed by atoms with Crippen LogP contribution in [-0.4, -0.2) is 19.1 Å². The van der Waals surface area contributed by atoms with Crippen LogP contribution >= 0.6 is 0 Å². The molecule has 2 rings (SSSR count). The highest BCUT2D eigenvalue weighted by atomic mass is 16.5. The maximum Gasteiger partial charge on any atom is 0.257 e. The molecular weight excluding hydrogens is 228 g/mol. The lowest BCUT2D eigenvalue weighted by Gasteiger charge is -2.11. The van der Waals surface area contributed by atoms with E-state index >= 15 is 0 Å². The number of hydrogen-bond acceptors (Lipinski definition) is 3. The van der Waals surface area contributed by atoms with Crippen LogP contribution in [0.25, 0.3) is 0 Å². The normalized spacial score (nSPS) is 15.6. The van der Waals surface area contributed by atoms with E-state index in [4.69, 9.17) is 10.5 Å². The van der Waals surface area contributed by atoms with Crippen molar-refractivity contribution in [3.63, 3.8) is 0 Å². The molecule has 0 unspecified atom stereocenters. The van der Waals surface area contributed by atoms with Crippen molar-refractivity contribution in [2.75, 3.05) is 18.9 Å². The molecule has 0 aromatic heterocycles. The Morgan fingerprint density at radius 2 is 2.17 bits per heavy atom. The Morgan fingerprint density at radius 3 is 2.89 bits per heavy atom. The van der Waals surface area contributed by atoms with Crippen molar-refractivity contribution in [2.24, 2.45) is 5.92 Å². The molecule has 1 aromatic rings. The number of amides is 1. The molecule has 0 bridgehead atoms. The van der Waals surface area contributed by atoms with Gasteiger partial charge in [-0.05, 0) is 30.9 Å². The van der Waals surface area contributed by atoms with E-state index in [2.05, 4.69) is 5.32 Å². The summed E-state index contributed by atoms with van der Waals surface area (Å²) in [5, 5.41) is 2.91. The molecule has 0 aliphatic heterocycles. The molecule has 0 heterocycles. The summed E-state index contributed by atoms with van der Waals surface area (Å²) in [7, 11) is 0. The first kappa shape index (κ1) is 12.7. The van der Waals surface area contributed by atoms with Crippen molar-refractivity contribution in [1.82, 2.24) is 5.32 Å². The second-order valence-corrected chi connectivity index (χ2v) is 4.82. The summed E-state index contributed by atoms with van der Waals surface area (Å²) in [6, 6.07) is 7.10. The number of hydrogen-bond donors (Lipinski definition) is 2. The van der Waals surface area contributed by atoms with Gasteiger partial charge >= 0.3 is 0 Å². The van der Waals surface area contributed by atoms with Crippen LogP contribution in [-0.2, 0) is 4.79 Å². The molecule has 4 nitrogen and oxygen atoms in total. The van der Waals surface area contributed by atoms with Crippen LogP contribution in [0.2, 0.25) is 0 Å². The van der Waals surface area contributed by atoms with Crippen molar-refractivity contribution in [2.45, 2.75) is 25.7 Å². The summed E-state index contributed by atoms with van der Waals surface area (Å²) < 4.78 is 5.37. The standard InChI is InChI=1S/C14H20N2O2/c15-12-6-3-7-13(8-12)18-10-14(17)16-9-11-4-1-2-5-11/h3,6-8,11H,1-2,4-5,9-10,15H2,(H,16,17). The molecule has 18 heavy (non-hydrogen) atoms. The largest absolute Gasteiger partial charge is 0.484 e. The number of carbonyl (C=O) groups excluding carboxylic acids is 1. The highest BCUT2D eigenvalue weighted by Gasteiger charge is 2.15. The van der Waals surface area contributed by atoms with Crippen LogP contribution in [0.3, 0.4) is 0 Å². The number of ether oxygens (including phenoxy) is 1. The second-order valence-electron chi connectivity index (χ2n) is 4.82. The average Bonchev–Trinajstić information content (AvgIpc) is 2.87. The molecule has 0 spiro atoms. The van der Waals surface area contributed by atoms with Gasteiger partial charge in [-0.2, -0.15) is 0 Å². The lowest BCUT2D eigenvalue weighted by molar-refractivity contribution is -0.123.